The summed E-state index contributed by atoms with van der Waals surface area (Å²) in [7, 11) is 1.90. The summed E-state index contributed by atoms with van der Waals surface area (Å²) in [5, 5.41) is 3.14. The van der Waals surface area contributed by atoms with Gasteiger partial charge in [-0.3, -0.25) is 0 Å². The second-order valence-corrected chi connectivity index (χ2v) is 3.56. The molecule has 14 heavy (non-hydrogen) atoms. The lowest BCUT2D eigenvalue weighted by atomic mass is 10.1. The Morgan fingerprint density at radius 2 is 2.29 bits per heavy atom. The monoisotopic (exact) mass is 192 g/mol. The Labute approximate surface area is 84.3 Å². The van der Waals surface area contributed by atoms with Crippen molar-refractivity contribution in [2.24, 2.45) is 5.73 Å². The van der Waals surface area contributed by atoms with Gasteiger partial charge in [0, 0.05) is 13.6 Å². The van der Waals surface area contributed by atoms with E-state index < -0.39 is 0 Å². The van der Waals surface area contributed by atoms with Crippen molar-refractivity contribution < 1.29 is 4.74 Å². The van der Waals surface area contributed by atoms with Gasteiger partial charge in [0.05, 0.1) is 11.8 Å². The highest BCUT2D eigenvalue weighted by Crippen LogP contribution is 2.33. The zero-order valence-electron chi connectivity index (χ0n) is 8.42. The van der Waals surface area contributed by atoms with Gasteiger partial charge >= 0.3 is 0 Å². The molecule has 1 fully saturated rings. The van der Waals surface area contributed by atoms with E-state index in [1.807, 2.05) is 25.2 Å². The molecule has 1 aromatic rings. The number of benzene rings is 1. The highest BCUT2D eigenvalue weighted by Gasteiger charge is 2.24. The Morgan fingerprint density at radius 1 is 1.50 bits per heavy atom. The lowest BCUT2D eigenvalue weighted by Gasteiger charge is -2.13. The largest absolute Gasteiger partial charge is 0.488 e. The van der Waals surface area contributed by atoms with Crippen molar-refractivity contribution in [3.05, 3.63) is 23.8 Å². The van der Waals surface area contributed by atoms with E-state index in [0.717, 1.165) is 17.0 Å². The number of rotatable bonds is 4. The molecule has 0 aliphatic heterocycles. The number of para-hydroxylation sites is 1. The molecule has 3 nitrogen and oxygen atoms in total. The van der Waals surface area contributed by atoms with E-state index in [4.69, 9.17) is 10.5 Å². The van der Waals surface area contributed by atoms with Crippen LogP contribution in [0.25, 0.3) is 0 Å². The van der Waals surface area contributed by atoms with Gasteiger partial charge in [-0.1, -0.05) is 12.1 Å². The first-order valence-corrected chi connectivity index (χ1v) is 5.01. The summed E-state index contributed by atoms with van der Waals surface area (Å²) in [5.74, 6) is 0.929. The molecule has 0 unspecified atom stereocenters. The Bertz CT molecular complexity index is 321. The van der Waals surface area contributed by atoms with Crippen molar-refractivity contribution in [1.29, 1.82) is 0 Å². The van der Waals surface area contributed by atoms with Gasteiger partial charge in [0.1, 0.15) is 5.75 Å². The van der Waals surface area contributed by atoms with E-state index in [1.54, 1.807) is 0 Å². The van der Waals surface area contributed by atoms with Gasteiger partial charge < -0.3 is 15.8 Å². The molecule has 0 bridgehead atoms. The van der Waals surface area contributed by atoms with Crippen molar-refractivity contribution in [2.45, 2.75) is 25.5 Å². The quantitative estimate of drug-likeness (QED) is 0.763. The smallest absolute Gasteiger partial charge is 0.143 e. The average Bonchev–Trinajstić information content (AvgIpc) is 3.01. The molecule has 0 radical (unpaired) electrons. The average molecular weight is 192 g/mol. The molecule has 0 spiro atoms. The minimum atomic E-state index is 0.426. The van der Waals surface area contributed by atoms with Gasteiger partial charge in [0.15, 0.2) is 0 Å². The van der Waals surface area contributed by atoms with Crippen LogP contribution in [-0.4, -0.2) is 13.2 Å². The fraction of sp³-hybridized carbons (Fsp3) is 0.455. The van der Waals surface area contributed by atoms with Crippen molar-refractivity contribution in [1.82, 2.24) is 0 Å². The Morgan fingerprint density at radius 3 is 2.86 bits per heavy atom. The van der Waals surface area contributed by atoms with Crippen LogP contribution in [0.15, 0.2) is 18.2 Å². The molecule has 3 N–H and O–H groups in total. The van der Waals surface area contributed by atoms with E-state index in [-0.39, 0.29) is 0 Å². The maximum atomic E-state index is 5.77. The second-order valence-electron chi connectivity index (χ2n) is 3.56. The fourth-order valence-corrected chi connectivity index (χ4v) is 1.49. The zero-order chi connectivity index (χ0) is 9.97. The van der Waals surface area contributed by atoms with E-state index in [0.29, 0.717) is 12.6 Å². The number of anilines is 1. The summed E-state index contributed by atoms with van der Waals surface area (Å²) in [6, 6.07) is 6.00. The first-order chi connectivity index (χ1) is 6.85. The Balaban J connectivity index is 2.26. The molecule has 76 valence electrons. The molecular formula is C11H16N2O. The van der Waals surface area contributed by atoms with Crippen molar-refractivity contribution in [3.63, 3.8) is 0 Å². The van der Waals surface area contributed by atoms with Crippen LogP contribution in [0.5, 0.6) is 5.75 Å². The van der Waals surface area contributed by atoms with E-state index in [2.05, 4.69) is 5.32 Å². The molecule has 1 saturated carbocycles. The fourth-order valence-electron chi connectivity index (χ4n) is 1.49. The summed E-state index contributed by atoms with van der Waals surface area (Å²) in [4.78, 5) is 0. The van der Waals surface area contributed by atoms with Crippen molar-refractivity contribution in [2.75, 3.05) is 12.4 Å². The van der Waals surface area contributed by atoms with Crippen LogP contribution >= 0.6 is 0 Å². The SMILES string of the molecule is CNc1c(CN)cccc1OC1CC1. The number of nitrogens with one attached hydrogen (secondary N) is 1. The lowest BCUT2D eigenvalue weighted by molar-refractivity contribution is 0.304. The molecular weight excluding hydrogens is 176 g/mol. The molecule has 2 rings (SSSR count). The van der Waals surface area contributed by atoms with Gasteiger partial charge in [-0.15, -0.1) is 0 Å². The van der Waals surface area contributed by atoms with Gasteiger partial charge in [0.25, 0.3) is 0 Å². The first-order valence-electron chi connectivity index (χ1n) is 5.01. The summed E-state index contributed by atoms with van der Waals surface area (Å²) < 4.78 is 5.77. The van der Waals surface area contributed by atoms with Crippen LogP contribution in [0.4, 0.5) is 5.69 Å². The Kier molecular flexibility index (Phi) is 2.59. The van der Waals surface area contributed by atoms with Crippen LogP contribution in [-0.2, 0) is 6.54 Å². The molecule has 1 aliphatic carbocycles. The number of ether oxygens (including phenoxy) is 1. The third-order valence-corrected chi connectivity index (χ3v) is 2.40. The lowest BCUT2D eigenvalue weighted by Crippen LogP contribution is -2.05. The molecule has 3 heteroatoms. The summed E-state index contributed by atoms with van der Waals surface area (Å²) in [5.41, 5.74) is 7.78. The first kappa shape index (κ1) is 9.34. The molecule has 1 aromatic carbocycles. The highest BCUT2D eigenvalue weighted by molar-refractivity contribution is 5.61. The molecule has 0 saturated heterocycles. The number of hydrogen-bond acceptors (Lipinski definition) is 3. The number of hydrogen-bond donors (Lipinski definition) is 2. The van der Waals surface area contributed by atoms with Crippen LogP contribution in [0.1, 0.15) is 18.4 Å². The summed E-state index contributed by atoms with van der Waals surface area (Å²) >= 11 is 0. The maximum Gasteiger partial charge on any atom is 0.143 e. The van der Waals surface area contributed by atoms with Gasteiger partial charge in [-0.05, 0) is 24.5 Å². The van der Waals surface area contributed by atoms with Gasteiger partial charge in [-0.2, -0.15) is 0 Å². The minimum Gasteiger partial charge on any atom is -0.488 e. The van der Waals surface area contributed by atoms with Gasteiger partial charge in [0.2, 0.25) is 0 Å². The van der Waals surface area contributed by atoms with Crippen LogP contribution < -0.4 is 15.8 Å². The third-order valence-electron chi connectivity index (χ3n) is 2.40. The second kappa shape index (κ2) is 3.88. The molecule has 1 aliphatic rings. The van der Waals surface area contributed by atoms with Crippen molar-refractivity contribution in [3.8, 4) is 5.75 Å². The van der Waals surface area contributed by atoms with Crippen LogP contribution in [0, 0.1) is 0 Å². The van der Waals surface area contributed by atoms with E-state index in [1.165, 1.54) is 12.8 Å². The standard InChI is InChI=1S/C11H16N2O/c1-13-11-8(7-12)3-2-4-10(11)14-9-5-6-9/h2-4,9,13H,5-7,12H2,1H3. The van der Waals surface area contributed by atoms with E-state index >= 15 is 0 Å². The van der Waals surface area contributed by atoms with Crippen molar-refractivity contribution >= 4 is 5.69 Å². The minimum absolute atomic E-state index is 0.426. The van der Waals surface area contributed by atoms with Gasteiger partial charge in [-0.25, -0.2) is 0 Å². The predicted molar refractivity (Wildman–Crippen MR) is 57.5 cm³/mol. The number of nitrogens with two attached hydrogens (primary N) is 1. The molecule has 0 amide bonds. The molecule has 0 heterocycles. The normalized spacial score (nSPS) is 15.3. The van der Waals surface area contributed by atoms with E-state index in [9.17, 15) is 0 Å². The van der Waals surface area contributed by atoms with Crippen LogP contribution in [0.3, 0.4) is 0 Å². The third kappa shape index (κ3) is 1.82. The maximum absolute atomic E-state index is 5.77. The summed E-state index contributed by atoms with van der Waals surface area (Å²) in [6.07, 6.45) is 2.78. The van der Waals surface area contributed by atoms with Crippen LogP contribution in [0.2, 0.25) is 0 Å². The Hall–Kier alpha value is -1.22. The molecule has 0 aromatic heterocycles. The zero-order valence-corrected chi connectivity index (χ0v) is 8.42. The molecule has 0 atom stereocenters. The highest BCUT2D eigenvalue weighted by atomic mass is 16.5. The summed E-state index contributed by atoms with van der Waals surface area (Å²) in [6.45, 7) is 0.540. The topological polar surface area (TPSA) is 47.3 Å². The predicted octanol–water partition coefficient (Wildman–Crippen LogP) is 1.73.